The molecule has 1 N–H and O–H groups in total. The van der Waals surface area contributed by atoms with Crippen LogP contribution in [0, 0.1) is 10.1 Å². The highest BCUT2D eigenvalue weighted by Gasteiger charge is 2.33. The Bertz CT molecular complexity index is 945. The highest BCUT2D eigenvalue weighted by atomic mass is 35.5. The maximum Gasteiger partial charge on any atom is 0.269 e. The first kappa shape index (κ1) is 18.3. The average molecular weight is 396 g/mol. The molecule has 1 saturated heterocycles. The van der Waals surface area contributed by atoms with Crippen LogP contribution in [0.3, 0.4) is 0 Å². The molecule has 0 saturated carbocycles. The number of amides is 1. The molecular weight excluding hydrogens is 382 g/mol. The van der Waals surface area contributed by atoms with E-state index in [9.17, 15) is 23.3 Å². The van der Waals surface area contributed by atoms with Gasteiger partial charge in [-0.2, -0.15) is 0 Å². The van der Waals surface area contributed by atoms with Gasteiger partial charge in [0.25, 0.3) is 5.69 Å². The molecule has 10 heteroatoms. The lowest BCUT2D eigenvalue weighted by molar-refractivity contribution is -0.384. The number of hydrogen-bond donors (Lipinski definition) is 1. The van der Waals surface area contributed by atoms with Gasteiger partial charge in [0.2, 0.25) is 15.9 Å². The predicted octanol–water partition coefficient (Wildman–Crippen LogP) is 2.33. The maximum absolute atomic E-state index is 12.4. The molecule has 1 heterocycles. The molecule has 0 aliphatic carbocycles. The smallest absolute Gasteiger partial charge is 0.269 e. The van der Waals surface area contributed by atoms with Crippen LogP contribution < -0.4 is 9.62 Å². The first-order chi connectivity index (χ1) is 12.3. The summed E-state index contributed by atoms with van der Waals surface area (Å²) < 4.78 is 27.3. The number of non-ortho nitro benzene ring substituents is 1. The van der Waals surface area contributed by atoms with Crippen molar-refractivity contribution in [3.05, 3.63) is 63.7 Å². The molecule has 0 aromatic heterocycles. The molecule has 1 aliphatic rings. The molecule has 1 amide bonds. The van der Waals surface area contributed by atoms with Gasteiger partial charge >= 0.3 is 0 Å². The predicted molar refractivity (Wildman–Crippen MR) is 95.6 cm³/mol. The first-order valence-electron chi connectivity index (χ1n) is 7.59. The lowest BCUT2D eigenvalue weighted by Crippen LogP contribution is -2.37. The molecule has 136 valence electrons. The van der Waals surface area contributed by atoms with E-state index in [4.69, 9.17) is 11.6 Å². The van der Waals surface area contributed by atoms with Crippen molar-refractivity contribution < 1.29 is 18.1 Å². The summed E-state index contributed by atoms with van der Waals surface area (Å²) in [6.45, 7) is 0.187. The molecule has 0 radical (unpaired) electrons. The molecule has 1 aliphatic heterocycles. The van der Waals surface area contributed by atoms with Gasteiger partial charge in [-0.3, -0.25) is 14.9 Å². The standard InChI is InChI=1S/C16H14ClN3O5S/c17-11-1-3-13(4-2-11)19-10-12(9-16(19)21)18-26(24,25)15-7-5-14(6-8-15)20(22)23/h1-8,12,18H,9-10H2/t12-/m1/s1. The van der Waals surface area contributed by atoms with Crippen molar-refractivity contribution in [1.82, 2.24) is 4.72 Å². The maximum atomic E-state index is 12.4. The Morgan fingerprint density at radius 3 is 2.31 bits per heavy atom. The molecule has 2 aromatic carbocycles. The number of nitrogens with one attached hydrogen (secondary N) is 1. The van der Waals surface area contributed by atoms with Gasteiger partial charge in [0.1, 0.15) is 0 Å². The van der Waals surface area contributed by atoms with Crippen LogP contribution >= 0.6 is 11.6 Å². The number of nitro benzene ring substituents is 1. The molecule has 1 atom stereocenters. The van der Waals surface area contributed by atoms with Crippen molar-refractivity contribution in [3.63, 3.8) is 0 Å². The number of sulfonamides is 1. The molecule has 8 nitrogen and oxygen atoms in total. The number of halogens is 1. The third-order valence-corrected chi connectivity index (χ3v) is 5.73. The van der Waals surface area contributed by atoms with Crippen molar-refractivity contribution in [2.75, 3.05) is 11.4 Å². The Hall–Kier alpha value is -2.49. The molecule has 0 spiro atoms. The first-order valence-corrected chi connectivity index (χ1v) is 9.45. The quantitative estimate of drug-likeness (QED) is 0.617. The van der Waals surface area contributed by atoms with E-state index in [0.29, 0.717) is 10.7 Å². The van der Waals surface area contributed by atoms with Crippen LogP contribution in [0.1, 0.15) is 6.42 Å². The van der Waals surface area contributed by atoms with Gasteiger partial charge in [0.05, 0.1) is 9.82 Å². The van der Waals surface area contributed by atoms with Crippen molar-refractivity contribution in [2.24, 2.45) is 0 Å². The third-order valence-electron chi connectivity index (χ3n) is 3.94. The zero-order chi connectivity index (χ0) is 18.9. The van der Waals surface area contributed by atoms with Crippen LogP contribution in [-0.4, -0.2) is 31.8 Å². The van der Waals surface area contributed by atoms with Crippen molar-refractivity contribution >= 4 is 38.9 Å². The van der Waals surface area contributed by atoms with Crippen molar-refractivity contribution in [3.8, 4) is 0 Å². The summed E-state index contributed by atoms with van der Waals surface area (Å²) in [5.74, 6) is -0.205. The van der Waals surface area contributed by atoms with Crippen LogP contribution in [0.2, 0.25) is 5.02 Å². The van der Waals surface area contributed by atoms with E-state index < -0.39 is 21.0 Å². The summed E-state index contributed by atoms with van der Waals surface area (Å²) >= 11 is 5.83. The number of hydrogen-bond acceptors (Lipinski definition) is 5. The fourth-order valence-electron chi connectivity index (χ4n) is 2.69. The summed E-state index contributed by atoms with van der Waals surface area (Å²) in [5, 5.41) is 11.2. The minimum absolute atomic E-state index is 0.0227. The number of carbonyl (C=O) groups excluding carboxylic acids is 1. The largest absolute Gasteiger partial charge is 0.311 e. The third kappa shape index (κ3) is 3.85. The van der Waals surface area contributed by atoms with E-state index in [2.05, 4.69) is 4.72 Å². The Morgan fingerprint density at radius 2 is 1.73 bits per heavy atom. The number of nitro groups is 1. The second-order valence-electron chi connectivity index (χ2n) is 5.75. The number of benzene rings is 2. The SMILES string of the molecule is O=C1C[C@@H](NS(=O)(=O)c2ccc([N+](=O)[O-])cc2)CN1c1ccc(Cl)cc1. The molecule has 26 heavy (non-hydrogen) atoms. The minimum Gasteiger partial charge on any atom is -0.311 e. The lowest BCUT2D eigenvalue weighted by Gasteiger charge is -2.17. The van der Waals surface area contributed by atoms with Crippen LogP contribution in [0.4, 0.5) is 11.4 Å². The Balaban J connectivity index is 1.73. The van der Waals surface area contributed by atoms with Gasteiger partial charge < -0.3 is 4.90 Å². The van der Waals surface area contributed by atoms with E-state index in [1.165, 1.54) is 4.90 Å². The summed E-state index contributed by atoms with van der Waals surface area (Å²) in [5.41, 5.74) is 0.436. The molecule has 1 fully saturated rings. The molecular formula is C16H14ClN3O5S. The summed E-state index contributed by atoms with van der Waals surface area (Å²) in [6.07, 6.45) is 0.0227. The van der Waals surface area contributed by atoms with Gasteiger partial charge in [-0.1, -0.05) is 11.6 Å². The van der Waals surface area contributed by atoms with Gasteiger partial charge in [0, 0.05) is 41.9 Å². The normalized spacial score (nSPS) is 17.5. The second kappa shape index (κ2) is 7.02. The zero-order valence-electron chi connectivity index (χ0n) is 13.3. The summed E-state index contributed by atoms with van der Waals surface area (Å²) in [6, 6.07) is 10.6. The molecule has 0 bridgehead atoms. The monoisotopic (exact) mass is 395 g/mol. The highest BCUT2D eigenvalue weighted by Crippen LogP contribution is 2.24. The number of carbonyl (C=O) groups is 1. The highest BCUT2D eigenvalue weighted by molar-refractivity contribution is 7.89. The minimum atomic E-state index is -3.89. The Labute approximate surface area is 154 Å². The molecule has 3 rings (SSSR count). The van der Waals surface area contributed by atoms with E-state index in [1.807, 2.05) is 0 Å². The Morgan fingerprint density at radius 1 is 1.12 bits per heavy atom. The van der Waals surface area contributed by atoms with E-state index in [-0.39, 0.29) is 29.5 Å². The number of rotatable bonds is 5. The molecule has 0 unspecified atom stereocenters. The van der Waals surface area contributed by atoms with Crippen LogP contribution in [-0.2, 0) is 14.8 Å². The van der Waals surface area contributed by atoms with Crippen molar-refractivity contribution in [2.45, 2.75) is 17.4 Å². The van der Waals surface area contributed by atoms with Crippen molar-refractivity contribution in [1.29, 1.82) is 0 Å². The number of nitrogens with zero attached hydrogens (tertiary/aromatic N) is 2. The summed E-state index contributed by atoms with van der Waals surface area (Å²) in [4.78, 5) is 23.6. The van der Waals surface area contributed by atoms with Crippen LogP contribution in [0.15, 0.2) is 53.4 Å². The van der Waals surface area contributed by atoms with Gasteiger partial charge in [-0.15, -0.1) is 0 Å². The Kier molecular flexibility index (Phi) is 4.94. The lowest BCUT2D eigenvalue weighted by atomic mass is 10.3. The van der Waals surface area contributed by atoms with E-state index in [1.54, 1.807) is 24.3 Å². The van der Waals surface area contributed by atoms with E-state index in [0.717, 1.165) is 24.3 Å². The second-order valence-corrected chi connectivity index (χ2v) is 7.90. The zero-order valence-corrected chi connectivity index (χ0v) is 14.9. The average Bonchev–Trinajstić information content (AvgIpc) is 2.95. The summed E-state index contributed by atoms with van der Waals surface area (Å²) in [7, 11) is -3.89. The van der Waals surface area contributed by atoms with Crippen LogP contribution in [0.25, 0.3) is 0 Å². The van der Waals surface area contributed by atoms with Gasteiger partial charge in [-0.05, 0) is 36.4 Å². The van der Waals surface area contributed by atoms with Gasteiger partial charge in [0.15, 0.2) is 0 Å². The fourth-order valence-corrected chi connectivity index (χ4v) is 4.04. The fraction of sp³-hybridized carbons (Fsp3) is 0.188. The van der Waals surface area contributed by atoms with E-state index >= 15 is 0 Å². The van der Waals surface area contributed by atoms with Gasteiger partial charge in [-0.25, -0.2) is 13.1 Å². The molecule has 2 aromatic rings. The topological polar surface area (TPSA) is 110 Å². The van der Waals surface area contributed by atoms with Crippen LogP contribution in [0.5, 0.6) is 0 Å². The number of anilines is 1.